The molecule has 2 aromatic heterocycles. The van der Waals surface area contributed by atoms with Crippen LogP contribution in [0, 0.1) is 5.82 Å². The average molecular weight is 545 g/mol. The molecule has 0 bridgehead atoms. The van der Waals surface area contributed by atoms with Crippen molar-refractivity contribution in [2.24, 2.45) is 0 Å². The van der Waals surface area contributed by atoms with Crippen molar-refractivity contribution in [1.82, 2.24) is 35.7 Å². The summed E-state index contributed by atoms with van der Waals surface area (Å²) in [5.41, 5.74) is -4.11. The molecule has 3 heterocycles. The molecule has 0 fully saturated rings. The highest BCUT2D eigenvalue weighted by Gasteiger charge is 2.61. The fraction of sp³-hybridized carbons (Fsp3) is 0.435. The van der Waals surface area contributed by atoms with Crippen molar-refractivity contribution in [3.63, 3.8) is 0 Å². The number of hydrogen-bond donors (Lipinski definition) is 2. The van der Waals surface area contributed by atoms with Gasteiger partial charge in [0.15, 0.2) is 11.4 Å². The number of aromatic nitrogens is 6. The van der Waals surface area contributed by atoms with Crippen molar-refractivity contribution in [1.29, 1.82) is 0 Å². The molecular weight excluding hydrogens is 523 g/mol. The van der Waals surface area contributed by atoms with Gasteiger partial charge in [-0.1, -0.05) is 12.1 Å². The first-order valence-corrected chi connectivity index (χ1v) is 11.6. The summed E-state index contributed by atoms with van der Waals surface area (Å²) in [4.78, 5) is 13.2. The molecule has 0 unspecified atom stereocenters. The van der Waals surface area contributed by atoms with Gasteiger partial charge in [0.2, 0.25) is 0 Å². The van der Waals surface area contributed by atoms with Gasteiger partial charge in [0, 0.05) is 31.1 Å². The number of H-pyrrole nitrogens is 1. The molecular formula is C23H22F7N7O. The zero-order valence-electron chi connectivity index (χ0n) is 19.9. The number of alkyl halides is 6. The predicted molar refractivity (Wildman–Crippen MR) is 119 cm³/mol. The molecule has 38 heavy (non-hydrogen) atoms. The van der Waals surface area contributed by atoms with Crippen LogP contribution in [0.4, 0.5) is 30.7 Å². The number of nitrogens with zero attached hydrogens (tertiary/aromatic N) is 5. The lowest BCUT2D eigenvalue weighted by Gasteiger charge is -2.41. The molecule has 1 amide bonds. The van der Waals surface area contributed by atoms with Crippen LogP contribution >= 0.6 is 0 Å². The lowest BCUT2D eigenvalue weighted by atomic mass is 9.77. The lowest BCUT2D eigenvalue weighted by molar-refractivity contribution is -0.202. The van der Waals surface area contributed by atoms with Gasteiger partial charge < -0.3 is 5.32 Å². The second kappa shape index (κ2) is 10.2. The van der Waals surface area contributed by atoms with Crippen LogP contribution in [0.1, 0.15) is 55.3 Å². The van der Waals surface area contributed by atoms with Gasteiger partial charge in [-0.25, -0.2) is 9.49 Å². The van der Waals surface area contributed by atoms with Crippen LogP contribution in [-0.4, -0.2) is 48.7 Å². The summed E-state index contributed by atoms with van der Waals surface area (Å²) in [6.45, 7) is 2.17. The minimum absolute atomic E-state index is 0.0426. The van der Waals surface area contributed by atoms with E-state index in [2.05, 4.69) is 25.7 Å². The minimum Gasteiger partial charge on any atom is -0.334 e. The number of amides is 1. The van der Waals surface area contributed by atoms with Crippen LogP contribution in [0.2, 0.25) is 0 Å². The van der Waals surface area contributed by atoms with E-state index in [0.29, 0.717) is 6.54 Å². The first-order chi connectivity index (χ1) is 17.8. The average Bonchev–Trinajstić information content (AvgIpc) is 3.52. The molecule has 204 valence electrons. The van der Waals surface area contributed by atoms with E-state index in [9.17, 15) is 31.1 Å². The van der Waals surface area contributed by atoms with E-state index >= 15 is 4.39 Å². The van der Waals surface area contributed by atoms with Crippen molar-refractivity contribution in [3.8, 4) is 0 Å². The van der Waals surface area contributed by atoms with Gasteiger partial charge >= 0.3 is 12.4 Å². The Balaban J connectivity index is 1.75. The van der Waals surface area contributed by atoms with E-state index in [-0.39, 0.29) is 47.5 Å². The van der Waals surface area contributed by atoms with Gasteiger partial charge in [0.25, 0.3) is 5.91 Å². The van der Waals surface area contributed by atoms with E-state index < -0.39 is 48.0 Å². The summed E-state index contributed by atoms with van der Waals surface area (Å²) >= 11 is 0. The number of aromatic amines is 1. The topological polar surface area (TPSA) is 101 Å². The minimum atomic E-state index is -5.15. The Morgan fingerprint density at radius 2 is 1.87 bits per heavy atom. The van der Waals surface area contributed by atoms with Gasteiger partial charge in [0.05, 0.1) is 11.3 Å². The summed E-state index contributed by atoms with van der Waals surface area (Å²) in [7, 11) is 0. The predicted octanol–water partition coefficient (Wildman–Crippen LogP) is 4.72. The molecule has 0 saturated heterocycles. The molecule has 0 spiro atoms. The van der Waals surface area contributed by atoms with Crippen LogP contribution in [0.15, 0.2) is 30.5 Å². The van der Waals surface area contributed by atoms with Gasteiger partial charge in [0.1, 0.15) is 5.82 Å². The second-order valence-electron chi connectivity index (χ2n) is 8.83. The van der Waals surface area contributed by atoms with E-state index in [1.807, 2.05) is 5.32 Å². The van der Waals surface area contributed by atoms with Crippen molar-refractivity contribution >= 4 is 17.1 Å². The third kappa shape index (κ3) is 5.41. The number of carbonyl (C=O) groups is 1. The number of tetrazole rings is 1. The highest BCUT2D eigenvalue weighted by atomic mass is 19.4. The third-order valence-corrected chi connectivity index (χ3v) is 6.31. The van der Waals surface area contributed by atoms with Gasteiger partial charge in [-0.05, 0) is 59.9 Å². The maximum Gasteiger partial charge on any atom is 0.416 e. The zero-order chi connectivity index (χ0) is 27.7. The van der Waals surface area contributed by atoms with Crippen LogP contribution in [0.3, 0.4) is 0 Å². The molecule has 1 aromatic carbocycles. The maximum absolute atomic E-state index is 15.3. The SMILES string of the molecule is CCn1ccc(C2=C(c3nnn[nH]3)C(=O)N[C@@](c3ccc(CCCCC(F)(F)F)cc3F)(C(F)(F)F)C2)n1. The molecule has 1 atom stereocenters. The smallest absolute Gasteiger partial charge is 0.334 e. The Morgan fingerprint density at radius 3 is 2.45 bits per heavy atom. The molecule has 4 rings (SSSR count). The molecule has 8 nitrogen and oxygen atoms in total. The maximum atomic E-state index is 15.3. The molecule has 2 N–H and O–H groups in total. The zero-order valence-corrected chi connectivity index (χ0v) is 19.9. The van der Waals surface area contributed by atoms with E-state index in [1.54, 1.807) is 6.92 Å². The molecule has 1 aliphatic heterocycles. The van der Waals surface area contributed by atoms with E-state index in [4.69, 9.17) is 0 Å². The highest BCUT2D eigenvalue weighted by Crippen LogP contribution is 2.50. The quantitative estimate of drug-likeness (QED) is 0.315. The summed E-state index contributed by atoms with van der Waals surface area (Å²) in [6.07, 6.45) is -9.97. The van der Waals surface area contributed by atoms with Gasteiger partial charge in [-0.3, -0.25) is 9.48 Å². The number of unbranched alkanes of at least 4 members (excludes halogenated alkanes) is 1. The fourth-order valence-corrected chi connectivity index (χ4v) is 4.43. The number of benzene rings is 1. The largest absolute Gasteiger partial charge is 0.416 e. The monoisotopic (exact) mass is 545 g/mol. The van der Waals surface area contributed by atoms with Gasteiger partial charge in [-0.15, -0.1) is 5.10 Å². The van der Waals surface area contributed by atoms with E-state index in [1.165, 1.54) is 23.0 Å². The number of halogens is 7. The fourth-order valence-electron chi connectivity index (χ4n) is 4.43. The first kappa shape index (κ1) is 27.3. The molecule has 0 saturated carbocycles. The molecule has 0 aliphatic carbocycles. The number of aryl methyl sites for hydroxylation is 2. The van der Waals surface area contributed by atoms with E-state index in [0.717, 1.165) is 12.1 Å². The number of carbonyl (C=O) groups excluding carboxylic acids is 1. The van der Waals surface area contributed by atoms with Crippen LogP contribution in [0.25, 0.3) is 11.1 Å². The standard InChI is InChI=1S/C23H22F7N7O/c1-2-37-10-8-17(34-37)14-12-21(23(28,29)30,31-20(38)18(14)19-32-35-36-33-19)15-7-6-13(11-16(15)24)5-3-4-9-22(25,26)27/h6-8,10-11H,2-5,9,12H2,1H3,(H,31,38)(H,32,33,35,36)/t21-/m0/s1. The first-order valence-electron chi connectivity index (χ1n) is 11.6. The van der Waals surface area contributed by atoms with Crippen molar-refractivity contribution < 1.29 is 35.5 Å². The normalized spacial score (nSPS) is 18.7. The van der Waals surface area contributed by atoms with Gasteiger partial charge in [-0.2, -0.15) is 31.4 Å². The van der Waals surface area contributed by atoms with Crippen molar-refractivity contribution in [2.45, 2.75) is 63.5 Å². The molecule has 15 heteroatoms. The van der Waals surface area contributed by atoms with Crippen molar-refractivity contribution in [2.75, 3.05) is 0 Å². The van der Waals surface area contributed by atoms with Crippen LogP contribution < -0.4 is 5.32 Å². The summed E-state index contributed by atoms with van der Waals surface area (Å²) in [6, 6.07) is 4.42. The number of nitrogens with one attached hydrogen (secondary N) is 2. The molecule has 0 radical (unpaired) electrons. The molecule has 1 aliphatic rings. The Bertz CT molecular complexity index is 1330. The van der Waals surface area contributed by atoms with Crippen molar-refractivity contribution in [3.05, 3.63) is 58.9 Å². The second-order valence-corrected chi connectivity index (χ2v) is 8.83. The highest BCUT2D eigenvalue weighted by molar-refractivity contribution is 6.27. The summed E-state index contributed by atoms with van der Waals surface area (Å²) in [5.74, 6) is -2.63. The Kier molecular flexibility index (Phi) is 7.30. The summed E-state index contributed by atoms with van der Waals surface area (Å²) in [5, 5.41) is 19.0. The summed E-state index contributed by atoms with van der Waals surface area (Å²) < 4.78 is 98.0. The van der Waals surface area contributed by atoms with Crippen LogP contribution in [-0.2, 0) is 23.3 Å². The Morgan fingerprint density at radius 1 is 1.11 bits per heavy atom. The molecule has 3 aromatic rings. The Labute approximate surface area is 211 Å². The third-order valence-electron chi connectivity index (χ3n) is 6.31. The number of hydrogen-bond acceptors (Lipinski definition) is 5. The van der Waals surface area contributed by atoms with Crippen LogP contribution in [0.5, 0.6) is 0 Å². The Hall–Kier alpha value is -3.78. The lowest BCUT2D eigenvalue weighted by Crippen LogP contribution is -2.59. The number of rotatable bonds is 8.